The van der Waals surface area contributed by atoms with Crippen LogP contribution in [0.2, 0.25) is 0 Å². The van der Waals surface area contributed by atoms with Crippen LogP contribution >= 0.6 is 23.5 Å². The van der Waals surface area contributed by atoms with Crippen LogP contribution in [0.1, 0.15) is 35.7 Å². The molecule has 2 atom stereocenters. The highest BCUT2D eigenvalue weighted by Gasteiger charge is 2.41. The van der Waals surface area contributed by atoms with E-state index >= 15 is 0 Å². The average molecular weight is 313 g/mol. The van der Waals surface area contributed by atoms with Crippen LogP contribution in [0.3, 0.4) is 0 Å². The first-order valence-corrected chi connectivity index (χ1v) is 9.27. The van der Waals surface area contributed by atoms with Crippen LogP contribution in [0.4, 0.5) is 0 Å². The highest BCUT2D eigenvalue weighted by Crippen LogP contribution is 2.60. The zero-order chi connectivity index (χ0) is 14.4. The molecule has 1 nitrogen and oxygen atoms in total. The van der Waals surface area contributed by atoms with Crippen molar-refractivity contribution in [1.29, 1.82) is 0 Å². The SMILES string of the molecule is CC(C)CN1[C@@H]2Sc3ccccc3[C@H]1Sc1ccccc12. The second kappa shape index (κ2) is 5.38. The Hall–Kier alpha value is -0.900. The van der Waals surface area contributed by atoms with E-state index in [0.717, 1.165) is 6.54 Å². The molecule has 0 radical (unpaired) electrons. The molecule has 0 spiro atoms. The van der Waals surface area contributed by atoms with Gasteiger partial charge in [0.15, 0.2) is 0 Å². The second-order valence-electron chi connectivity index (χ2n) is 6.11. The van der Waals surface area contributed by atoms with Gasteiger partial charge in [-0.3, -0.25) is 4.90 Å². The van der Waals surface area contributed by atoms with E-state index in [1.165, 1.54) is 20.9 Å². The van der Waals surface area contributed by atoms with E-state index in [9.17, 15) is 0 Å². The molecular weight excluding hydrogens is 294 g/mol. The highest BCUT2D eigenvalue weighted by atomic mass is 32.2. The molecule has 0 saturated carbocycles. The second-order valence-corrected chi connectivity index (χ2v) is 8.35. The summed E-state index contributed by atoms with van der Waals surface area (Å²) >= 11 is 4.03. The van der Waals surface area contributed by atoms with Crippen LogP contribution in [0.25, 0.3) is 0 Å². The van der Waals surface area contributed by atoms with Gasteiger partial charge < -0.3 is 0 Å². The van der Waals surface area contributed by atoms with Crippen LogP contribution in [0.15, 0.2) is 58.3 Å². The Kier molecular flexibility index (Phi) is 3.52. The summed E-state index contributed by atoms with van der Waals surface area (Å²) in [6, 6.07) is 17.8. The number of thioether (sulfide) groups is 2. The maximum Gasteiger partial charge on any atom is 0.0883 e. The molecule has 0 aromatic heterocycles. The third-order valence-corrected chi connectivity index (χ3v) is 6.77. The monoisotopic (exact) mass is 313 g/mol. The molecule has 4 rings (SSSR count). The average Bonchev–Trinajstić information content (AvgIpc) is 2.48. The van der Waals surface area contributed by atoms with Gasteiger partial charge in [0, 0.05) is 16.3 Å². The Morgan fingerprint density at radius 2 is 1.33 bits per heavy atom. The molecule has 0 amide bonds. The molecule has 0 unspecified atom stereocenters. The van der Waals surface area contributed by atoms with Crippen LogP contribution in [0.5, 0.6) is 0 Å². The molecule has 2 bridgehead atoms. The fourth-order valence-electron chi connectivity index (χ4n) is 3.18. The number of benzene rings is 2. The van der Waals surface area contributed by atoms with E-state index in [4.69, 9.17) is 0 Å². The number of nitrogens with zero attached hydrogens (tertiary/aromatic N) is 1. The number of hydrogen-bond acceptors (Lipinski definition) is 3. The summed E-state index contributed by atoms with van der Waals surface area (Å²) in [5, 5.41) is 0.925. The largest absolute Gasteiger partial charge is 0.271 e. The summed E-state index contributed by atoms with van der Waals surface area (Å²) in [7, 11) is 0. The molecule has 21 heavy (non-hydrogen) atoms. The molecule has 2 heterocycles. The maximum absolute atomic E-state index is 2.69. The molecule has 0 fully saturated rings. The zero-order valence-corrected chi connectivity index (χ0v) is 14.0. The summed E-state index contributed by atoms with van der Waals surface area (Å²) in [5.41, 5.74) is 2.97. The summed E-state index contributed by atoms with van der Waals surface area (Å²) in [4.78, 5) is 5.59. The van der Waals surface area contributed by atoms with Gasteiger partial charge in [0.25, 0.3) is 0 Å². The standard InChI is InChI=1S/C18H19NS2/c1-12(2)11-19-17-13-7-3-5-9-15(13)20-18(19)14-8-4-6-10-16(14)21-17/h3-10,12,17-18H,11H2,1-2H3/t17-,18-/m1/s1. The predicted octanol–water partition coefficient (Wildman–Crippen LogP) is 5.55. The Morgan fingerprint density at radius 1 is 0.857 bits per heavy atom. The first kappa shape index (κ1) is 13.7. The molecule has 0 aliphatic carbocycles. The van der Waals surface area contributed by atoms with Gasteiger partial charge in [-0.2, -0.15) is 0 Å². The van der Waals surface area contributed by atoms with Crippen molar-refractivity contribution < 1.29 is 0 Å². The van der Waals surface area contributed by atoms with Crippen LogP contribution in [-0.4, -0.2) is 11.4 Å². The molecule has 2 aromatic carbocycles. The molecule has 108 valence electrons. The topological polar surface area (TPSA) is 3.24 Å². The zero-order valence-electron chi connectivity index (χ0n) is 12.3. The van der Waals surface area contributed by atoms with Crippen LogP contribution in [0, 0.1) is 5.92 Å². The molecule has 3 heteroatoms. The minimum atomic E-state index is 0.463. The molecule has 0 N–H and O–H groups in total. The number of fused-ring (bicyclic) bond motifs is 6. The Morgan fingerprint density at radius 3 is 1.81 bits per heavy atom. The van der Waals surface area contributed by atoms with Gasteiger partial charge in [-0.25, -0.2) is 0 Å². The Balaban J connectivity index is 1.84. The third kappa shape index (κ3) is 2.32. The van der Waals surface area contributed by atoms with Gasteiger partial charge in [-0.05, 0) is 29.2 Å². The lowest BCUT2D eigenvalue weighted by Crippen LogP contribution is -2.38. The lowest BCUT2D eigenvalue weighted by molar-refractivity contribution is 0.201. The van der Waals surface area contributed by atoms with E-state index < -0.39 is 0 Å². The Bertz CT molecular complexity index is 614. The summed E-state index contributed by atoms with van der Waals surface area (Å²) in [6.45, 7) is 5.78. The first-order chi connectivity index (χ1) is 10.2. The fourth-order valence-corrected chi connectivity index (χ4v) is 6.18. The van der Waals surface area contributed by atoms with Crippen molar-refractivity contribution in [3.05, 3.63) is 59.7 Å². The van der Waals surface area contributed by atoms with E-state index in [1.54, 1.807) is 0 Å². The van der Waals surface area contributed by atoms with Crippen molar-refractivity contribution >= 4 is 23.5 Å². The smallest absolute Gasteiger partial charge is 0.0883 e. The minimum absolute atomic E-state index is 0.463. The molecule has 2 aromatic rings. The van der Waals surface area contributed by atoms with E-state index in [1.807, 2.05) is 23.5 Å². The molecule has 0 saturated heterocycles. The Labute approximate surface area is 135 Å². The third-order valence-electron chi connectivity index (χ3n) is 4.03. The molecule has 2 aliphatic heterocycles. The number of rotatable bonds is 2. The van der Waals surface area contributed by atoms with Gasteiger partial charge in [0.05, 0.1) is 10.7 Å². The normalized spacial score (nSPS) is 23.8. The maximum atomic E-state index is 2.69. The van der Waals surface area contributed by atoms with Crippen molar-refractivity contribution in [2.24, 2.45) is 5.92 Å². The highest BCUT2D eigenvalue weighted by molar-refractivity contribution is 8.01. The van der Waals surface area contributed by atoms with Gasteiger partial charge in [0.1, 0.15) is 0 Å². The van der Waals surface area contributed by atoms with Gasteiger partial charge in [-0.15, -0.1) is 23.5 Å². The van der Waals surface area contributed by atoms with Crippen LogP contribution < -0.4 is 0 Å². The summed E-state index contributed by atoms with van der Waals surface area (Å²) < 4.78 is 0. The van der Waals surface area contributed by atoms with E-state index in [2.05, 4.69) is 67.3 Å². The van der Waals surface area contributed by atoms with Gasteiger partial charge >= 0.3 is 0 Å². The molecular formula is C18H19NS2. The molecule has 2 aliphatic rings. The van der Waals surface area contributed by atoms with Crippen molar-refractivity contribution in [3.63, 3.8) is 0 Å². The van der Waals surface area contributed by atoms with Gasteiger partial charge in [-0.1, -0.05) is 50.2 Å². The van der Waals surface area contributed by atoms with Crippen LogP contribution in [-0.2, 0) is 0 Å². The number of hydrogen-bond donors (Lipinski definition) is 0. The lowest BCUT2D eigenvalue weighted by atomic mass is 10.1. The lowest BCUT2D eigenvalue weighted by Gasteiger charge is -2.47. The van der Waals surface area contributed by atoms with Crippen molar-refractivity contribution in [2.45, 2.75) is 34.4 Å². The van der Waals surface area contributed by atoms with E-state index in [-0.39, 0.29) is 0 Å². The minimum Gasteiger partial charge on any atom is -0.271 e. The summed E-state index contributed by atoms with van der Waals surface area (Å²) in [5.74, 6) is 0.687. The fraction of sp³-hybridized carbons (Fsp3) is 0.333. The predicted molar refractivity (Wildman–Crippen MR) is 91.6 cm³/mol. The van der Waals surface area contributed by atoms with Gasteiger partial charge in [0.2, 0.25) is 0 Å². The van der Waals surface area contributed by atoms with Crippen molar-refractivity contribution in [2.75, 3.05) is 6.54 Å². The summed E-state index contributed by atoms with van der Waals surface area (Å²) in [6.07, 6.45) is 0. The van der Waals surface area contributed by atoms with Crippen molar-refractivity contribution in [3.8, 4) is 0 Å². The van der Waals surface area contributed by atoms with Crippen molar-refractivity contribution in [1.82, 2.24) is 4.90 Å². The van der Waals surface area contributed by atoms with E-state index in [0.29, 0.717) is 16.7 Å². The first-order valence-electron chi connectivity index (χ1n) is 7.51. The quantitative estimate of drug-likeness (QED) is 0.715.